The Labute approximate surface area is 111 Å². The maximum absolute atomic E-state index is 5.89. The average Bonchev–Trinajstić information content (AvgIpc) is 2.56. The second kappa shape index (κ2) is 4.90. The van der Waals surface area contributed by atoms with Gasteiger partial charge in [0.05, 0.1) is 17.1 Å². The quantitative estimate of drug-likeness (QED) is 0.928. The van der Waals surface area contributed by atoms with E-state index in [-0.39, 0.29) is 0 Å². The summed E-state index contributed by atoms with van der Waals surface area (Å²) < 4.78 is 7.46. The molecule has 5 heteroatoms. The zero-order valence-corrected chi connectivity index (χ0v) is 11.5. The molecule has 0 aliphatic carbocycles. The predicted octanol–water partition coefficient (Wildman–Crippen LogP) is 3.08. The van der Waals surface area contributed by atoms with E-state index < -0.39 is 0 Å². The summed E-state index contributed by atoms with van der Waals surface area (Å²) in [5, 5.41) is 5.02. The van der Waals surface area contributed by atoms with Crippen molar-refractivity contribution in [2.24, 2.45) is 0 Å². The van der Waals surface area contributed by atoms with Gasteiger partial charge in [-0.2, -0.15) is 5.10 Å². The second-order valence-electron chi connectivity index (χ2n) is 4.27. The maximum Gasteiger partial charge on any atom is 0.181 e. The van der Waals surface area contributed by atoms with Crippen LogP contribution < -0.4 is 10.5 Å². The van der Waals surface area contributed by atoms with Crippen molar-refractivity contribution in [3.63, 3.8) is 0 Å². The van der Waals surface area contributed by atoms with Gasteiger partial charge in [-0.05, 0) is 44.5 Å². The van der Waals surface area contributed by atoms with Crippen molar-refractivity contribution >= 4 is 17.3 Å². The Kier molecular flexibility index (Phi) is 3.48. The molecule has 0 aliphatic rings. The second-order valence-corrected chi connectivity index (χ2v) is 4.70. The first-order chi connectivity index (χ1) is 8.49. The molecule has 0 atom stereocenters. The fourth-order valence-corrected chi connectivity index (χ4v) is 1.97. The Balaban J connectivity index is 2.14. The van der Waals surface area contributed by atoms with Gasteiger partial charge in [0.2, 0.25) is 0 Å². The zero-order valence-electron chi connectivity index (χ0n) is 10.7. The normalized spacial score (nSPS) is 10.7. The summed E-state index contributed by atoms with van der Waals surface area (Å²) in [6, 6.07) is 5.53. The fourth-order valence-electron chi connectivity index (χ4n) is 1.74. The SMILES string of the molecule is Cc1cc(Cl)ccc1OCn1nc(C)c(N)c1C. The number of aryl methyl sites for hydroxylation is 2. The van der Waals surface area contributed by atoms with Crippen molar-refractivity contribution in [1.29, 1.82) is 0 Å². The van der Waals surface area contributed by atoms with Crippen LogP contribution in [0.5, 0.6) is 5.75 Å². The van der Waals surface area contributed by atoms with Crippen LogP contribution in [0.25, 0.3) is 0 Å². The number of hydrogen-bond acceptors (Lipinski definition) is 3. The van der Waals surface area contributed by atoms with Gasteiger partial charge in [0.15, 0.2) is 6.73 Å². The Hall–Kier alpha value is -1.68. The summed E-state index contributed by atoms with van der Waals surface area (Å²) >= 11 is 5.89. The molecule has 2 rings (SSSR count). The van der Waals surface area contributed by atoms with E-state index in [9.17, 15) is 0 Å². The molecule has 18 heavy (non-hydrogen) atoms. The van der Waals surface area contributed by atoms with Gasteiger partial charge in [-0.1, -0.05) is 11.6 Å². The Morgan fingerprint density at radius 3 is 2.61 bits per heavy atom. The van der Waals surface area contributed by atoms with Gasteiger partial charge in [0.1, 0.15) is 5.75 Å². The number of anilines is 1. The average molecular weight is 266 g/mol. The van der Waals surface area contributed by atoms with E-state index in [0.29, 0.717) is 17.4 Å². The molecule has 0 aliphatic heterocycles. The minimum atomic E-state index is 0.340. The van der Waals surface area contributed by atoms with E-state index in [4.69, 9.17) is 22.1 Å². The molecule has 2 N–H and O–H groups in total. The molecular formula is C13H16ClN3O. The van der Waals surface area contributed by atoms with Crippen LogP contribution in [0.15, 0.2) is 18.2 Å². The van der Waals surface area contributed by atoms with Gasteiger partial charge < -0.3 is 10.5 Å². The van der Waals surface area contributed by atoms with Crippen LogP contribution in [0.4, 0.5) is 5.69 Å². The highest BCUT2D eigenvalue weighted by molar-refractivity contribution is 6.30. The number of nitrogens with zero attached hydrogens (tertiary/aromatic N) is 2. The summed E-state index contributed by atoms with van der Waals surface area (Å²) in [5.74, 6) is 0.797. The van der Waals surface area contributed by atoms with Crippen LogP contribution in [0.1, 0.15) is 17.0 Å². The van der Waals surface area contributed by atoms with Crippen molar-refractivity contribution in [3.8, 4) is 5.75 Å². The molecule has 1 aromatic heterocycles. The Bertz CT molecular complexity index is 578. The lowest BCUT2D eigenvalue weighted by Crippen LogP contribution is -2.09. The van der Waals surface area contributed by atoms with Crippen LogP contribution in [0.3, 0.4) is 0 Å². The summed E-state index contributed by atoms with van der Waals surface area (Å²) in [5.41, 5.74) is 9.32. The molecule has 1 heterocycles. The molecule has 0 fully saturated rings. The minimum absolute atomic E-state index is 0.340. The van der Waals surface area contributed by atoms with Gasteiger partial charge in [-0.25, -0.2) is 4.68 Å². The third-order valence-corrected chi connectivity index (χ3v) is 3.15. The van der Waals surface area contributed by atoms with Crippen LogP contribution in [0.2, 0.25) is 5.02 Å². The molecule has 0 amide bonds. The number of hydrogen-bond donors (Lipinski definition) is 1. The largest absolute Gasteiger partial charge is 0.471 e. The van der Waals surface area contributed by atoms with Crippen molar-refractivity contribution < 1.29 is 4.74 Å². The summed E-state index contributed by atoms with van der Waals surface area (Å²) in [4.78, 5) is 0. The first-order valence-electron chi connectivity index (χ1n) is 5.67. The van der Waals surface area contributed by atoms with E-state index in [0.717, 1.165) is 22.7 Å². The summed E-state index contributed by atoms with van der Waals surface area (Å²) in [6.07, 6.45) is 0. The third-order valence-electron chi connectivity index (χ3n) is 2.92. The lowest BCUT2D eigenvalue weighted by atomic mass is 10.2. The van der Waals surface area contributed by atoms with E-state index in [2.05, 4.69) is 5.10 Å². The number of nitrogens with two attached hydrogens (primary N) is 1. The fraction of sp³-hybridized carbons (Fsp3) is 0.308. The standard InChI is InChI=1S/C13H16ClN3O/c1-8-6-11(14)4-5-12(8)18-7-17-10(3)13(15)9(2)16-17/h4-6H,7,15H2,1-3H3. The highest BCUT2D eigenvalue weighted by atomic mass is 35.5. The van der Waals surface area contributed by atoms with Crippen molar-refractivity contribution in [3.05, 3.63) is 40.2 Å². The number of halogens is 1. The first-order valence-corrected chi connectivity index (χ1v) is 6.05. The van der Waals surface area contributed by atoms with Crippen LogP contribution in [-0.2, 0) is 6.73 Å². The molecule has 2 aromatic rings. The molecule has 4 nitrogen and oxygen atoms in total. The van der Waals surface area contributed by atoms with E-state index in [1.54, 1.807) is 10.7 Å². The molecular weight excluding hydrogens is 250 g/mol. The first kappa shape index (κ1) is 12.8. The Morgan fingerprint density at radius 2 is 2.06 bits per heavy atom. The van der Waals surface area contributed by atoms with Crippen molar-refractivity contribution in [2.75, 3.05) is 5.73 Å². The number of aromatic nitrogens is 2. The maximum atomic E-state index is 5.89. The topological polar surface area (TPSA) is 53.1 Å². The molecule has 0 bridgehead atoms. The summed E-state index contributed by atoms with van der Waals surface area (Å²) in [7, 11) is 0. The third kappa shape index (κ3) is 2.43. The van der Waals surface area contributed by atoms with Crippen LogP contribution in [0, 0.1) is 20.8 Å². The molecule has 0 saturated heterocycles. The summed E-state index contributed by atoms with van der Waals surface area (Å²) in [6.45, 7) is 6.10. The van der Waals surface area contributed by atoms with Crippen molar-refractivity contribution in [2.45, 2.75) is 27.5 Å². The van der Waals surface area contributed by atoms with E-state index in [1.165, 1.54) is 0 Å². The van der Waals surface area contributed by atoms with Crippen LogP contribution >= 0.6 is 11.6 Å². The number of rotatable bonds is 3. The minimum Gasteiger partial charge on any atom is -0.471 e. The predicted molar refractivity (Wildman–Crippen MR) is 72.9 cm³/mol. The van der Waals surface area contributed by atoms with E-state index in [1.807, 2.05) is 32.9 Å². The van der Waals surface area contributed by atoms with Crippen molar-refractivity contribution in [1.82, 2.24) is 9.78 Å². The monoisotopic (exact) mass is 265 g/mol. The molecule has 0 radical (unpaired) electrons. The Morgan fingerprint density at radius 1 is 1.33 bits per heavy atom. The van der Waals surface area contributed by atoms with E-state index >= 15 is 0 Å². The number of benzene rings is 1. The highest BCUT2D eigenvalue weighted by Gasteiger charge is 2.08. The molecule has 0 saturated carbocycles. The molecule has 1 aromatic carbocycles. The highest BCUT2D eigenvalue weighted by Crippen LogP contribution is 2.22. The van der Waals surface area contributed by atoms with Gasteiger partial charge in [0, 0.05) is 5.02 Å². The van der Waals surface area contributed by atoms with Gasteiger partial charge in [-0.15, -0.1) is 0 Å². The molecule has 0 unspecified atom stereocenters. The van der Waals surface area contributed by atoms with Gasteiger partial charge in [0.25, 0.3) is 0 Å². The van der Waals surface area contributed by atoms with Gasteiger partial charge >= 0.3 is 0 Å². The number of ether oxygens (including phenoxy) is 1. The molecule has 0 spiro atoms. The van der Waals surface area contributed by atoms with Crippen LogP contribution in [-0.4, -0.2) is 9.78 Å². The number of nitrogen functional groups attached to an aromatic ring is 1. The molecule has 96 valence electrons. The lowest BCUT2D eigenvalue weighted by molar-refractivity contribution is 0.216. The zero-order chi connectivity index (χ0) is 13.3. The van der Waals surface area contributed by atoms with Gasteiger partial charge in [-0.3, -0.25) is 0 Å². The smallest absolute Gasteiger partial charge is 0.181 e. The lowest BCUT2D eigenvalue weighted by Gasteiger charge is -2.10.